The summed E-state index contributed by atoms with van der Waals surface area (Å²) in [5, 5.41) is 2.61. The molecule has 1 amide bonds. The second-order valence-electron chi connectivity index (χ2n) is 7.15. The number of amides is 1. The Labute approximate surface area is 179 Å². The van der Waals surface area contributed by atoms with Crippen molar-refractivity contribution in [3.63, 3.8) is 0 Å². The average molecular weight is 453 g/mol. The van der Waals surface area contributed by atoms with Gasteiger partial charge < -0.3 is 10.3 Å². The van der Waals surface area contributed by atoms with E-state index in [-0.39, 0.29) is 40.8 Å². The smallest absolute Gasteiger partial charge is 0.240 e. The third kappa shape index (κ3) is 5.16. The van der Waals surface area contributed by atoms with Crippen molar-refractivity contribution in [3.05, 3.63) is 59.1 Å². The maximum Gasteiger partial charge on any atom is 0.240 e. The highest BCUT2D eigenvalue weighted by molar-refractivity contribution is 7.89. The SMILES string of the molecule is CC(C)[C@@H](NC(=O)CCNS(=O)(=O)c1ccc(F)c(Cl)c1)c1nc2ccccc2[nH]1. The van der Waals surface area contributed by atoms with E-state index >= 15 is 0 Å². The number of fused-ring (bicyclic) bond motifs is 1. The lowest BCUT2D eigenvalue weighted by Gasteiger charge is -2.20. The van der Waals surface area contributed by atoms with Gasteiger partial charge in [-0.25, -0.2) is 22.5 Å². The van der Waals surface area contributed by atoms with E-state index in [1.165, 1.54) is 0 Å². The third-order valence-corrected chi connectivity index (χ3v) is 6.28. The van der Waals surface area contributed by atoms with Crippen LogP contribution in [0, 0.1) is 11.7 Å². The minimum absolute atomic E-state index is 0.0626. The quantitative estimate of drug-likeness (QED) is 0.486. The fourth-order valence-electron chi connectivity index (χ4n) is 2.94. The van der Waals surface area contributed by atoms with Crippen molar-refractivity contribution in [2.24, 2.45) is 5.92 Å². The number of imidazole rings is 1. The van der Waals surface area contributed by atoms with Crippen LogP contribution in [0.15, 0.2) is 47.4 Å². The zero-order valence-corrected chi connectivity index (χ0v) is 18.0. The molecule has 0 radical (unpaired) electrons. The summed E-state index contributed by atoms with van der Waals surface area (Å²) in [6.07, 6.45) is -0.0718. The van der Waals surface area contributed by atoms with E-state index in [2.05, 4.69) is 20.0 Å². The lowest BCUT2D eigenvalue weighted by atomic mass is 10.0. The highest BCUT2D eigenvalue weighted by Crippen LogP contribution is 2.22. The number of hydrogen-bond donors (Lipinski definition) is 3. The number of nitrogens with zero attached hydrogens (tertiary/aromatic N) is 1. The van der Waals surface area contributed by atoms with E-state index in [4.69, 9.17) is 11.6 Å². The normalized spacial score (nSPS) is 13.0. The first-order chi connectivity index (χ1) is 14.2. The van der Waals surface area contributed by atoms with E-state index in [1.54, 1.807) is 0 Å². The van der Waals surface area contributed by atoms with Gasteiger partial charge in [-0.05, 0) is 36.2 Å². The number of halogens is 2. The molecular formula is C20H22ClFN4O3S. The number of hydrogen-bond acceptors (Lipinski definition) is 4. The minimum atomic E-state index is -3.91. The predicted octanol–water partition coefficient (Wildman–Crippen LogP) is 3.54. The molecule has 30 heavy (non-hydrogen) atoms. The summed E-state index contributed by atoms with van der Waals surface area (Å²) < 4.78 is 40.1. The van der Waals surface area contributed by atoms with Crippen molar-refractivity contribution in [1.82, 2.24) is 20.0 Å². The number of rotatable bonds is 8. The van der Waals surface area contributed by atoms with Crippen molar-refractivity contribution in [2.45, 2.75) is 31.2 Å². The van der Waals surface area contributed by atoms with Crippen molar-refractivity contribution in [1.29, 1.82) is 0 Å². The number of H-pyrrole nitrogens is 1. The van der Waals surface area contributed by atoms with Crippen LogP contribution < -0.4 is 10.0 Å². The van der Waals surface area contributed by atoms with Crippen LogP contribution in [0.3, 0.4) is 0 Å². The lowest BCUT2D eigenvalue weighted by Crippen LogP contribution is -2.35. The van der Waals surface area contributed by atoms with E-state index in [0.717, 1.165) is 29.2 Å². The Morgan fingerprint density at radius 2 is 1.97 bits per heavy atom. The van der Waals surface area contributed by atoms with Gasteiger partial charge in [-0.3, -0.25) is 4.79 Å². The molecule has 1 aromatic heterocycles. The first kappa shape index (κ1) is 22.2. The van der Waals surface area contributed by atoms with Crippen LogP contribution in [0.5, 0.6) is 0 Å². The molecule has 0 unspecified atom stereocenters. The fraction of sp³-hybridized carbons (Fsp3) is 0.300. The standard InChI is InChI=1S/C20H22ClFN4O3S/c1-12(2)19(20-24-16-5-3-4-6-17(16)25-20)26-18(27)9-10-23-30(28,29)13-7-8-15(22)14(21)11-13/h3-8,11-12,19,23H,9-10H2,1-2H3,(H,24,25)(H,26,27)/t19-/m1/s1. The number of benzene rings is 2. The molecule has 7 nitrogen and oxygen atoms in total. The van der Waals surface area contributed by atoms with Gasteiger partial charge in [0.25, 0.3) is 0 Å². The molecule has 3 N–H and O–H groups in total. The number of carbonyl (C=O) groups excluding carboxylic acids is 1. The van der Waals surface area contributed by atoms with Crippen molar-refractivity contribution >= 4 is 38.6 Å². The topological polar surface area (TPSA) is 104 Å². The summed E-state index contributed by atoms with van der Waals surface area (Å²) in [4.78, 5) is 20.0. The number of sulfonamides is 1. The molecule has 0 fully saturated rings. The third-order valence-electron chi connectivity index (χ3n) is 4.53. The van der Waals surface area contributed by atoms with Crippen molar-refractivity contribution in [2.75, 3.05) is 6.54 Å². The molecule has 10 heteroatoms. The molecular weight excluding hydrogens is 431 g/mol. The Hall–Kier alpha value is -2.49. The Balaban J connectivity index is 1.61. The molecule has 0 bridgehead atoms. The number of carbonyl (C=O) groups is 1. The number of aromatic nitrogens is 2. The summed E-state index contributed by atoms with van der Waals surface area (Å²) in [6.45, 7) is 3.80. The highest BCUT2D eigenvalue weighted by atomic mass is 35.5. The second kappa shape index (κ2) is 9.11. The van der Waals surface area contributed by atoms with E-state index in [9.17, 15) is 17.6 Å². The summed E-state index contributed by atoms with van der Waals surface area (Å²) in [5.41, 5.74) is 1.68. The molecule has 0 saturated heterocycles. The molecule has 0 saturated carbocycles. The van der Waals surface area contributed by atoms with Crippen LogP contribution in [0.25, 0.3) is 11.0 Å². The van der Waals surface area contributed by atoms with Gasteiger partial charge in [0, 0.05) is 13.0 Å². The average Bonchev–Trinajstić information content (AvgIpc) is 3.11. The molecule has 160 valence electrons. The van der Waals surface area contributed by atoms with Crippen LogP contribution >= 0.6 is 11.6 Å². The van der Waals surface area contributed by atoms with Gasteiger partial charge in [-0.1, -0.05) is 37.6 Å². The Kier molecular flexibility index (Phi) is 6.74. The zero-order valence-electron chi connectivity index (χ0n) is 16.4. The summed E-state index contributed by atoms with van der Waals surface area (Å²) >= 11 is 5.64. The minimum Gasteiger partial charge on any atom is -0.346 e. The number of nitrogens with one attached hydrogen (secondary N) is 3. The number of aromatic amines is 1. The van der Waals surface area contributed by atoms with Crippen molar-refractivity contribution < 1.29 is 17.6 Å². The van der Waals surface area contributed by atoms with Crippen LogP contribution in [0.4, 0.5) is 4.39 Å². The van der Waals surface area contributed by atoms with Gasteiger partial charge in [0.1, 0.15) is 11.6 Å². The van der Waals surface area contributed by atoms with Crippen LogP contribution in [0.2, 0.25) is 5.02 Å². The molecule has 1 heterocycles. The maximum absolute atomic E-state index is 13.2. The van der Waals surface area contributed by atoms with Gasteiger partial charge in [0.05, 0.1) is 27.0 Å². The molecule has 3 rings (SSSR count). The van der Waals surface area contributed by atoms with Gasteiger partial charge in [0.2, 0.25) is 15.9 Å². The Bertz CT molecular complexity index is 1130. The molecule has 0 aliphatic heterocycles. The van der Waals surface area contributed by atoms with Gasteiger partial charge >= 0.3 is 0 Å². The highest BCUT2D eigenvalue weighted by Gasteiger charge is 2.22. The van der Waals surface area contributed by atoms with Crippen molar-refractivity contribution in [3.8, 4) is 0 Å². The summed E-state index contributed by atoms with van der Waals surface area (Å²) in [5.74, 6) is -0.331. The molecule has 1 atom stereocenters. The monoisotopic (exact) mass is 452 g/mol. The van der Waals surface area contributed by atoms with E-state index in [1.807, 2.05) is 38.1 Å². The molecule has 3 aromatic rings. The van der Waals surface area contributed by atoms with Crippen LogP contribution in [0.1, 0.15) is 32.1 Å². The summed E-state index contributed by atoms with van der Waals surface area (Å²) in [7, 11) is -3.91. The van der Waals surface area contributed by atoms with E-state index in [0.29, 0.717) is 5.82 Å². The maximum atomic E-state index is 13.2. The van der Waals surface area contributed by atoms with E-state index < -0.39 is 15.8 Å². The zero-order chi connectivity index (χ0) is 21.9. The van der Waals surface area contributed by atoms with Crippen LogP contribution in [-0.4, -0.2) is 30.8 Å². The largest absolute Gasteiger partial charge is 0.346 e. The summed E-state index contributed by atoms with van der Waals surface area (Å²) in [6, 6.07) is 10.3. The molecule has 0 spiro atoms. The van der Waals surface area contributed by atoms with Gasteiger partial charge in [-0.15, -0.1) is 0 Å². The molecule has 0 aliphatic rings. The molecule has 0 aliphatic carbocycles. The first-order valence-electron chi connectivity index (χ1n) is 9.36. The Morgan fingerprint density at radius 3 is 2.63 bits per heavy atom. The number of para-hydroxylation sites is 2. The first-order valence-corrected chi connectivity index (χ1v) is 11.2. The Morgan fingerprint density at radius 1 is 1.23 bits per heavy atom. The van der Waals surface area contributed by atoms with Gasteiger partial charge in [0.15, 0.2) is 0 Å². The van der Waals surface area contributed by atoms with Crippen LogP contribution in [-0.2, 0) is 14.8 Å². The van der Waals surface area contributed by atoms with Gasteiger partial charge in [-0.2, -0.15) is 0 Å². The predicted molar refractivity (Wildman–Crippen MR) is 113 cm³/mol. The second-order valence-corrected chi connectivity index (χ2v) is 9.33. The lowest BCUT2D eigenvalue weighted by molar-refractivity contribution is -0.122. The fourth-order valence-corrected chi connectivity index (χ4v) is 4.25. The molecule has 2 aromatic carbocycles.